The van der Waals surface area contributed by atoms with Crippen LogP contribution in [-0.2, 0) is 11.3 Å². The molecular formula is C15H27Cl2N5O. The van der Waals surface area contributed by atoms with Crippen LogP contribution in [0.25, 0.3) is 0 Å². The molecule has 2 fully saturated rings. The number of amides is 1. The third-order valence-electron chi connectivity index (χ3n) is 4.50. The van der Waals surface area contributed by atoms with Crippen LogP contribution in [0, 0.1) is 6.92 Å². The SMILES string of the molecule is Cc1cnn(CCC(=O)N2CCC(N3CCNCC3)C2)c1.Cl.Cl. The van der Waals surface area contributed by atoms with E-state index in [1.165, 1.54) is 0 Å². The Kier molecular flexibility index (Phi) is 8.33. The Balaban J connectivity index is 0.00000132. The highest BCUT2D eigenvalue weighted by molar-refractivity contribution is 5.85. The highest BCUT2D eigenvalue weighted by Gasteiger charge is 2.30. The van der Waals surface area contributed by atoms with Crippen molar-refractivity contribution in [2.24, 2.45) is 0 Å². The largest absolute Gasteiger partial charge is 0.341 e. The van der Waals surface area contributed by atoms with Gasteiger partial charge in [-0.1, -0.05) is 0 Å². The molecule has 2 saturated heterocycles. The minimum Gasteiger partial charge on any atom is -0.341 e. The molecule has 23 heavy (non-hydrogen) atoms. The van der Waals surface area contributed by atoms with Crippen LogP contribution in [0.1, 0.15) is 18.4 Å². The molecular weight excluding hydrogens is 337 g/mol. The van der Waals surface area contributed by atoms with Crippen LogP contribution in [0.15, 0.2) is 12.4 Å². The zero-order valence-corrected chi connectivity index (χ0v) is 15.2. The van der Waals surface area contributed by atoms with Crippen molar-refractivity contribution in [1.29, 1.82) is 0 Å². The summed E-state index contributed by atoms with van der Waals surface area (Å²) in [5.41, 5.74) is 1.14. The number of nitrogens with one attached hydrogen (secondary N) is 1. The molecule has 2 aliphatic rings. The summed E-state index contributed by atoms with van der Waals surface area (Å²) in [5, 5.41) is 7.61. The van der Waals surface area contributed by atoms with Crippen molar-refractivity contribution < 1.29 is 4.79 Å². The quantitative estimate of drug-likeness (QED) is 0.864. The minimum absolute atomic E-state index is 0. The first-order valence-corrected chi connectivity index (χ1v) is 7.94. The van der Waals surface area contributed by atoms with E-state index in [-0.39, 0.29) is 30.7 Å². The molecule has 0 saturated carbocycles. The molecule has 0 aliphatic carbocycles. The van der Waals surface area contributed by atoms with E-state index < -0.39 is 0 Å². The molecule has 1 N–H and O–H groups in total. The van der Waals surface area contributed by atoms with Gasteiger partial charge in [0.2, 0.25) is 5.91 Å². The van der Waals surface area contributed by atoms with Gasteiger partial charge in [-0.05, 0) is 18.9 Å². The number of aryl methyl sites for hydroxylation is 2. The topological polar surface area (TPSA) is 53.4 Å². The Hall–Kier alpha value is -0.820. The van der Waals surface area contributed by atoms with Gasteiger partial charge in [-0.25, -0.2) is 0 Å². The summed E-state index contributed by atoms with van der Waals surface area (Å²) < 4.78 is 1.86. The summed E-state index contributed by atoms with van der Waals surface area (Å²) >= 11 is 0. The smallest absolute Gasteiger partial charge is 0.224 e. The molecule has 0 bridgehead atoms. The molecule has 3 heterocycles. The normalized spacial score (nSPS) is 21.6. The van der Waals surface area contributed by atoms with E-state index in [0.717, 1.165) is 51.3 Å². The summed E-state index contributed by atoms with van der Waals surface area (Å²) in [7, 11) is 0. The first-order chi connectivity index (χ1) is 10.2. The number of halogens is 2. The van der Waals surface area contributed by atoms with E-state index in [0.29, 0.717) is 19.0 Å². The summed E-state index contributed by atoms with van der Waals surface area (Å²) in [5.74, 6) is 0.265. The van der Waals surface area contributed by atoms with Crippen LogP contribution in [-0.4, -0.2) is 70.8 Å². The van der Waals surface area contributed by atoms with Gasteiger partial charge in [0.15, 0.2) is 0 Å². The number of piperazine rings is 1. The Labute approximate surface area is 150 Å². The Morgan fingerprint density at radius 3 is 2.70 bits per heavy atom. The first kappa shape index (κ1) is 20.2. The molecule has 132 valence electrons. The lowest BCUT2D eigenvalue weighted by molar-refractivity contribution is -0.130. The summed E-state index contributed by atoms with van der Waals surface area (Å²) in [4.78, 5) is 16.9. The fourth-order valence-electron chi connectivity index (χ4n) is 3.27. The molecule has 6 nitrogen and oxygen atoms in total. The molecule has 1 aromatic rings. The van der Waals surface area contributed by atoms with Gasteiger partial charge in [0.05, 0.1) is 6.20 Å². The van der Waals surface area contributed by atoms with E-state index in [9.17, 15) is 4.79 Å². The van der Waals surface area contributed by atoms with Crippen LogP contribution in [0.4, 0.5) is 0 Å². The second kappa shape index (κ2) is 9.47. The number of carbonyl (C=O) groups is 1. The minimum atomic E-state index is 0. The van der Waals surface area contributed by atoms with Crippen molar-refractivity contribution in [3.63, 3.8) is 0 Å². The number of aromatic nitrogens is 2. The van der Waals surface area contributed by atoms with Crippen LogP contribution in [0.2, 0.25) is 0 Å². The molecule has 0 radical (unpaired) electrons. The van der Waals surface area contributed by atoms with Crippen LogP contribution in [0.5, 0.6) is 0 Å². The Bertz CT molecular complexity index is 490. The third kappa shape index (κ3) is 5.35. The Morgan fingerprint density at radius 2 is 2.04 bits per heavy atom. The molecule has 0 aromatic carbocycles. The number of hydrogen-bond acceptors (Lipinski definition) is 4. The van der Waals surface area contributed by atoms with Gasteiger partial charge in [0.1, 0.15) is 0 Å². The van der Waals surface area contributed by atoms with Gasteiger partial charge in [-0.3, -0.25) is 14.4 Å². The Morgan fingerprint density at radius 1 is 1.30 bits per heavy atom. The predicted molar refractivity (Wildman–Crippen MR) is 95.5 cm³/mol. The van der Waals surface area contributed by atoms with E-state index in [1.807, 2.05) is 28.9 Å². The summed E-state index contributed by atoms with van der Waals surface area (Å²) in [6, 6.07) is 0.558. The van der Waals surface area contributed by atoms with Gasteiger partial charge in [0, 0.05) is 64.5 Å². The lowest BCUT2D eigenvalue weighted by Gasteiger charge is -2.32. The van der Waals surface area contributed by atoms with Crippen molar-refractivity contribution in [1.82, 2.24) is 24.9 Å². The van der Waals surface area contributed by atoms with Gasteiger partial charge >= 0.3 is 0 Å². The first-order valence-electron chi connectivity index (χ1n) is 7.94. The van der Waals surface area contributed by atoms with Gasteiger partial charge in [-0.2, -0.15) is 5.10 Å². The maximum absolute atomic E-state index is 12.3. The second-order valence-electron chi connectivity index (χ2n) is 6.10. The molecule has 0 spiro atoms. The molecule has 2 aliphatic heterocycles. The van der Waals surface area contributed by atoms with E-state index in [2.05, 4.69) is 15.3 Å². The number of rotatable bonds is 4. The summed E-state index contributed by atoms with van der Waals surface area (Å²) in [6.45, 7) is 8.87. The second-order valence-corrected chi connectivity index (χ2v) is 6.10. The third-order valence-corrected chi connectivity index (χ3v) is 4.50. The van der Waals surface area contributed by atoms with Gasteiger partial charge in [-0.15, -0.1) is 24.8 Å². The molecule has 1 atom stereocenters. The van der Waals surface area contributed by atoms with Crippen LogP contribution in [0.3, 0.4) is 0 Å². The zero-order chi connectivity index (χ0) is 14.7. The fraction of sp³-hybridized carbons (Fsp3) is 0.733. The monoisotopic (exact) mass is 363 g/mol. The average molecular weight is 364 g/mol. The predicted octanol–water partition coefficient (Wildman–Crippen LogP) is 0.931. The molecule has 1 unspecified atom stereocenters. The van der Waals surface area contributed by atoms with Crippen LogP contribution >= 0.6 is 24.8 Å². The zero-order valence-electron chi connectivity index (χ0n) is 13.6. The van der Waals surface area contributed by atoms with Crippen molar-refractivity contribution >= 4 is 30.7 Å². The number of carbonyl (C=O) groups excluding carboxylic acids is 1. The molecule has 1 aromatic heterocycles. The lowest BCUT2D eigenvalue weighted by Crippen LogP contribution is -2.49. The van der Waals surface area contributed by atoms with Gasteiger partial charge in [0.25, 0.3) is 0 Å². The molecule has 3 rings (SSSR count). The number of nitrogens with zero attached hydrogens (tertiary/aromatic N) is 4. The van der Waals surface area contributed by atoms with Gasteiger partial charge < -0.3 is 10.2 Å². The van der Waals surface area contributed by atoms with Crippen molar-refractivity contribution in [2.75, 3.05) is 39.3 Å². The van der Waals surface area contributed by atoms with E-state index in [1.54, 1.807) is 0 Å². The maximum Gasteiger partial charge on any atom is 0.224 e. The molecule has 1 amide bonds. The number of hydrogen-bond donors (Lipinski definition) is 1. The van der Waals surface area contributed by atoms with E-state index >= 15 is 0 Å². The standard InChI is InChI=1S/C15H25N5O.2ClH/c1-13-10-17-20(11-13)7-3-15(21)19-6-2-14(12-19)18-8-4-16-5-9-18;;/h10-11,14,16H,2-9,12H2,1H3;2*1H. The highest BCUT2D eigenvalue weighted by atomic mass is 35.5. The van der Waals surface area contributed by atoms with Crippen molar-refractivity contribution in [2.45, 2.75) is 32.4 Å². The fourth-order valence-corrected chi connectivity index (χ4v) is 3.27. The van der Waals surface area contributed by atoms with E-state index in [4.69, 9.17) is 0 Å². The average Bonchev–Trinajstić information content (AvgIpc) is 3.15. The van der Waals surface area contributed by atoms with Crippen molar-refractivity contribution in [3.05, 3.63) is 18.0 Å². The van der Waals surface area contributed by atoms with Crippen LogP contribution < -0.4 is 5.32 Å². The van der Waals surface area contributed by atoms with Crippen molar-refractivity contribution in [3.8, 4) is 0 Å². The maximum atomic E-state index is 12.3. The number of likely N-dealkylation sites (tertiary alicyclic amines) is 1. The highest BCUT2D eigenvalue weighted by Crippen LogP contribution is 2.17. The summed E-state index contributed by atoms with van der Waals surface area (Å²) in [6.07, 6.45) is 5.49. The molecule has 8 heteroatoms. The lowest BCUT2D eigenvalue weighted by atomic mass is 10.2.